The summed E-state index contributed by atoms with van der Waals surface area (Å²) in [6, 6.07) is 11.4. The molecule has 4 aliphatic rings. The smallest absolute Gasteiger partial charge is 0.152 e. The molecule has 2 fully saturated rings. The molecular weight excluding hydrogens is 455 g/mol. The Balaban J connectivity index is 1.29. The van der Waals surface area contributed by atoms with E-state index in [1.807, 2.05) is 30.1 Å². The lowest BCUT2D eigenvalue weighted by Gasteiger charge is -2.50. The molecule has 7 nitrogen and oxygen atoms in total. The van der Waals surface area contributed by atoms with Gasteiger partial charge >= 0.3 is 0 Å². The van der Waals surface area contributed by atoms with Gasteiger partial charge in [-0.3, -0.25) is 0 Å². The molecule has 36 heavy (non-hydrogen) atoms. The average Bonchev–Trinajstić information content (AvgIpc) is 3.31. The summed E-state index contributed by atoms with van der Waals surface area (Å²) in [5, 5.41) is 8.29. The Hall–Kier alpha value is -3.81. The number of benzene rings is 2. The lowest BCUT2D eigenvalue weighted by molar-refractivity contribution is 0.131. The van der Waals surface area contributed by atoms with Crippen molar-refractivity contribution < 1.29 is 9.13 Å². The average molecular weight is 485 g/mol. The van der Waals surface area contributed by atoms with Gasteiger partial charge in [0.1, 0.15) is 17.1 Å². The number of hydrogen-bond donors (Lipinski definition) is 2. The third-order valence-corrected chi connectivity index (χ3v) is 8.22. The number of hydrazone groups is 1. The number of hydrogen-bond acceptors (Lipinski definition) is 6. The Labute approximate surface area is 209 Å². The fourth-order valence-corrected chi connectivity index (χ4v) is 6.13. The lowest BCUT2D eigenvalue weighted by atomic mass is 9.81. The molecule has 3 aliphatic heterocycles. The standard InChI is InChI=1S/C28H29FN6O/c1-18-13-34(17-31-18)24-6-3-19(10-25(24)36-2)9-20-12-27(7-8-27)16-35-26(20)33-32-15-28(35)14-30-23-11-21(29)4-5-22(23)28/h3-6,9-11,13,17,30,32H,7-8,12,14-16H2,1-2H3. The molecule has 4 heterocycles. The van der Waals surface area contributed by atoms with E-state index in [1.165, 1.54) is 18.4 Å². The lowest BCUT2D eigenvalue weighted by Crippen LogP contribution is -2.62. The zero-order valence-corrected chi connectivity index (χ0v) is 20.5. The van der Waals surface area contributed by atoms with Crippen LogP contribution in [0.4, 0.5) is 10.1 Å². The molecule has 1 aromatic heterocycles. The maximum absolute atomic E-state index is 14.0. The van der Waals surface area contributed by atoms with Crippen LogP contribution in [0.25, 0.3) is 11.8 Å². The normalized spacial score (nSPS) is 24.2. The number of amidine groups is 1. The number of ether oxygens (including phenoxy) is 1. The number of piperidine rings is 1. The number of halogens is 1. The van der Waals surface area contributed by atoms with E-state index in [-0.39, 0.29) is 16.8 Å². The highest BCUT2D eigenvalue weighted by Gasteiger charge is 2.56. The van der Waals surface area contributed by atoms with E-state index in [0.717, 1.165) is 59.3 Å². The highest BCUT2D eigenvalue weighted by atomic mass is 19.1. The van der Waals surface area contributed by atoms with Crippen molar-refractivity contribution in [2.75, 3.05) is 32.1 Å². The SMILES string of the molecule is COc1cc(C=C2CC3(CC3)CN3C2=NNCC32CNc3cc(F)ccc32)ccc1-n1cnc(C)c1. The van der Waals surface area contributed by atoms with Gasteiger partial charge in [0.05, 0.1) is 31.4 Å². The third-order valence-electron chi connectivity index (χ3n) is 8.22. The maximum Gasteiger partial charge on any atom is 0.152 e. The first kappa shape index (κ1) is 21.5. The fourth-order valence-electron chi connectivity index (χ4n) is 6.13. The summed E-state index contributed by atoms with van der Waals surface area (Å²) < 4.78 is 21.7. The van der Waals surface area contributed by atoms with Crippen molar-refractivity contribution in [3.8, 4) is 11.4 Å². The summed E-state index contributed by atoms with van der Waals surface area (Å²) in [5.74, 6) is 1.58. The van der Waals surface area contributed by atoms with Gasteiger partial charge in [-0.05, 0) is 73.1 Å². The summed E-state index contributed by atoms with van der Waals surface area (Å²) in [4.78, 5) is 6.84. The minimum absolute atomic E-state index is 0.211. The Morgan fingerprint density at radius 3 is 2.81 bits per heavy atom. The van der Waals surface area contributed by atoms with Crippen molar-refractivity contribution in [3.63, 3.8) is 0 Å². The van der Waals surface area contributed by atoms with Gasteiger partial charge in [-0.2, -0.15) is 5.10 Å². The first-order valence-electron chi connectivity index (χ1n) is 12.5. The quantitative estimate of drug-likeness (QED) is 0.576. The molecular formula is C28H29FN6O. The highest BCUT2D eigenvalue weighted by Crippen LogP contribution is 2.57. The van der Waals surface area contributed by atoms with Crippen LogP contribution in [0.5, 0.6) is 5.75 Å². The van der Waals surface area contributed by atoms with Crippen LogP contribution in [-0.4, -0.2) is 47.0 Å². The number of fused-ring (bicyclic) bond motifs is 4. The fraction of sp³-hybridized carbons (Fsp3) is 0.357. The van der Waals surface area contributed by atoms with Crippen LogP contribution in [0.1, 0.15) is 36.1 Å². The molecule has 184 valence electrons. The van der Waals surface area contributed by atoms with E-state index in [9.17, 15) is 4.39 Å². The molecule has 0 radical (unpaired) electrons. The number of aromatic nitrogens is 2. The minimum atomic E-state index is -0.282. The minimum Gasteiger partial charge on any atom is -0.495 e. The molecule has 2 spiro atoms. The van der Waals surface area contributed by atoms with E-state index >= 15 is 0 Å². The molecule has 2 N–H and O–H groups in total. The highest BCUT2D eigenvalue weighted by molar-refractivity contribution is 6.04. The van der Waals surface area contributed by atoms with Crippen LogP contribution in [0.15, 0.2) is 59.6 Å². The molecule has 1 unspecified atom stereocenters. The van der Waals surface area contributed by atoms with Gasteiger partial charge in [0.2, 0.25) is 0 Å². The number of nitrogens with one attached hydrogen (secondary N) is 2. The van der Waals surface area contributed by atoms with Crippen LogP contribution in [-0.2, 0) is 5.54 Å². The topological polar surface area (TPSA) is 66.7 Å². The van der Waals surface area contributed by atoms with Gasteiger partial charge in [-0.1, -0.05) is 12.1 Å². The van der Waals surface area contributed by atoms with Crippen LogP contribution < -0.4 is 15.5 Å². The zero-order valence-electron chi connectivity index (χ0n) is 20.5. The second kappa shape index (κ2) is 7.59. The monoisotopic (exact) mass is 484 g/mol. The molecule has 1 aliphatic carbocycles. The van der Waals surface area contributed by atoms with Crippen molar-refractivity contribution in [1.29, 1.82) is 0 Å². The predicted octanol–water partition coefficient (Wildman–Crippen LogP) is 4.44. The second-order valence-electron chi connectivity index (χ2n) is 10.6. The number of anilines is 1. The maximum atomic E-state index is 14.0. The molecule has 8 heteroatoms. The summed E-state index contributed by atoms with van der Waals surface area (Å²) in [5.41, 5.74) is 9.59. The number of nitrogens with zero attached hydrogens (tertiary/aromatic N) is 4. The first-order chi connectivity index (χ1) is 17.5. The number of imidazole rings is 1. The van der Waals surface area contributed by atoms with Crippen molar-refractivity contribution in [3.05, 3.63) is 77.1 Å². The van der Waals surface area contributed by atoms with Crippen molar-refractivity contribution in [1.82, 2.24) is 19.9 Å². The van der Waals surface area contributed by atoms with Gasteiger partial charge < -0.3 is 24.9 Å². The second-order valence-corrected chi connectivity index (χ2v) is 10.6. The Morgan fingerprint density at radius 2 is 2.03 bits per heavy atom. The van der Waals surface area contributed by atoms with Gasteiger partial charge in [0, 0.05) is 30.5 Å². The van der Waals surface area contributed by atoms with E-state index < -0.39 is 0 Å². The molecule has 0 bridgehead atoms. The van der Waals surface area contributed by atoms with Crippen LogP contribution >= 0.6 is 0 Å². The molecule has 2 aromatic carbocycles. The van der Waals surface area contributed by atoms with Crippen LogP contribution in [0.2, 0.25) is 0 Å². The summed E-state index contributed by atoms with van der Waals surface area (Å²) in [6.07, 6.45) is 9.52. The first-order valence-corrected chi connectivity index (χ1v) is 12.5. The molecule has 0 amide bonds. The number of methoxy groups -OCH3 is 1. The third kappa shape index (κ3) is 3.23. The van der Waals surface area contributed by atoms with Crippen LogP contribution in [0.3, 0.4) is 0 Å². The van der Waals surface area contributed by atoms with E-state index in [4.69, 9.17) is 9.84 Å². The largest absolute Gasteiger partial charge is 0.495 e. The van der Waals surface area contributed by atoms with Gasteiger partial charge in [0.25, 0.3) is 0 Å². The Bertz CT molecular complexity index is 1440. The van der Waals surface area contributed by atoms with E-state index in [0.29, 0.717) is 6.54 Å². The van der Waals surface area contributed by atoms with Crippen LogP contribution in [0, 0.1) is 18.2 Å². The molecule has 1 atom stereocenters. The predicted molar refractivity (Wildman–Crippen MR) is 138 cm³/mol. The van der Waals surface area contributed by atoms with Gasteiger partial charge in [-0.15, -0.1) is 0 Å². The molecule has 7 rings (SSSR count). The zero-order chi connectivity index (χ0) is 24.5. The van der Waals surface area contributed by atoms with Crippen molar-refractivity contribution >= 4 is 17.6 Å². The summed E-state index contributed by atoms with van der Waals surface area (Å²) in [6.45, 7) is 4.38. The van der Waals surface area contributed by atoms with E-state index in [2.05, 4.69) is 44.9 Å². The molecule has 3 aromatic rings. The molecule has 1 saturated heterocycles. The van der Waals surface area contributed by atoms with E-state index in [1.54, 1.807) is 19.2 Å². The van der Waals surface area contributed by atoms with Crippen molar-refractivity contribution in [2.24, 2.45) is 10.5 Å². The Morgan fingerprint density at radius 1 is 1.14 bits per heavy atom. The number of aryl methyl sites for hydroxylation is 1. The van der Waals surface area contributed by atoms with Crippen molar-refractivity contribution in [2.45, 2.75) is 31.7 Å². The van der Waals surface area contributed by atoms with Gasteiger partial charge in [-0.25, -0.2) is 9.37 Å². The Kier molecular flexibility index (Phi) is 4.53. The molecule has 1 saturated carbocycles. The summed E-state index contributed by atoms with van der Waals surface area (Å²) in [7, 11) is 1.70. The van der Waals surface area contributed by atoms with Gasteiger partial charge in [0.15, 0.2) is 5.84 Å². The number of rotatable bonds is 3. The summed E-state index contributed by atoms with van der Waals surface area (Å²) >= 11 is 0.